The molecule has 0 fully saturated rings. The average molecular weight is 644 g/mol. The Balaban J connectivity index is 1.56. The summed E-state index contributed by atoms with van der Waals surface area (Å²) < 4.78 is 75.5. The number of likely N-dealkylation sites (N-methyl/N-ethyl adjacent to an activating group) is 1. The number of amides is 1. The summed E-state index contributed by atoms with van der Waals surface area (Å²) in [5, 5.41) is 11.1. The van der Waals surface area contributed by atoms with Crippen molar-refractivity contribution in [3.8, 4) is 11.1 Å². The van der Waals surface area contributed by atoms with Gasteiger partial charge in [0.05, 0.1) is 35.8 Å². The number of ether oxygens (including phenoxy) is 1. The van der Waals surface area contributed by atoms with Crippen molar-refractivity contribution in [2.24, 2.45) is 13.0 Å². The normalized spacial score (nSPS) is 18.9. The third kappa shape index (κ3) is 6.24. The average Bonchev–Trinajstić information content (AvgIpc) is 3.31. The second-order valence-corrected chi connectivity index (χ2v) is 13.6. The molecule has 1 N–H and O–H groups in total. The van der Waals surface area contributed by atoms with Gasteiger partial charge >= 0.3 is 6.18 Å². The van der Waals surface area contributed by atoms with E-state index in [0.29, 0.717) is 5.69 Å². The highest BCUT2D eigenvalue weighted by atomic mass is 32.2. The number of nitrogens with zero attached hydrogens (tertiary/aromatic N) is 3. The second-order valence-electron chi connectivity index (χ2n) is 11.6. The number of halogens is 3. The summed E-state index contributed by atoms with van der Waals surface area (Å²) in [4.78, 5) is 15.8. The maximum Gasteiger partial charge on any atom is 0.416 e. The van der Waals surface area contributed by atoms with Crippen LogP contribution in [0.2, 0.25) is 0 Å². The topological polar surface area (TPSA) is 92.1 Å². The number of alkyl halides is 3. The fourth-order valence-corrected chi connectivity index (χ4v) is 7.06. The van der Waals surface area contributed by atoms with Crippen molar-refractivity contribution in [2.45, 2.75) is 43.7 Å². The molecule has 1 aliphatic rings. The molecule has 8 nitrogen and oxygen atoms in total. The fourth-order valence-electron chi connectivity index (χ4n) is 5.87. The molecule has 240 valence electrons. The van der Waals surface area contributed by atoms with Crippen LogP contribution in [0.3, 0.4) is 0 Å². The van der Waals surface area contributed by atoms with E-state index in [1.807, 2.05) is 67.1 Å². The lowest BCUT2D eigenvalue weighted by Gasteiger charge is -2.35. The van der Waals surface area contributed by atoms with Crippen LogP contribution in [-0.4, -0.2) is 72.1 Å². The summed E-state index contributed by atoms with van der Waals surface area (Å²) >= 11 is 0. The first-order valence-electron chi connectivity index (χ1n) is 14.6. The standard InChI is InChI=1S/C33H36F3N3O5S/c1-21-17-39(22(2)19-40)32(41)31-30(27-11-7-8-12-28(27)38(31)4)26-10-6-5-9-23(26)20-44-29(21)18-37(3)45(42,43)25-15-13-24(14-16-25)33(34,35)36/h5-16,21-22,29,40H,17-20H2,1-4H3/t21-,22+,29+/m0/s1. The minimum atomic E-state index is -4.59. The first-order chi connectivity index (χ1) is 21.3. The molecular formula is C33H36F3N3O5S. The summed E-state index contributed by atoms with van der Waals surface area (Å²) in [5.41, 5.74) is 2.75. The van der Waals surface area contributed by atoms with E-state index in [1.54, 1.807) is 11.8 Å². The number of carbonyl (C=O) groups is 1. The maximum atomic E-state index is 14.5. The van der Waals surface area contributed by atoms with Gasteiger partial charge in [0, 0.05) is 49.6 Å². The van der Waals surface area contributed by atoms with E-state index in [2.05, 4.69) is 0 Å². The number of aromatic nitrogens is 1. The number of fused-ring (bicyclic) bond motifs is 5. The molecule has 1 aromatic heterocycles. The van der Waals surface area contributed by atoms with Crippen LogP contribution >= 0.6 is 0 Å². The molecule has 0 spiro atoms. The van der Waals surface area contributed by atoms with E-state index in [-0.39, 0.29) is 37.1 Å². The molecule has 5 rings (SSSR count). The zero-order valence-electron chi connectivity index (χ0n) is 25.5. The predicted octanol–water partition coefficient (Wildman–Crippen LogP) is 5.54. The lowest BCUT2D eigenvalue weighted by molar-refractivity contribution is -0.137. The second kappa shape index (κ2) is 12.6. The van der Waals surface area contributed by atoms with E-state index in [1.165, 1.54) is 7.05 Å². The molecule has 12 heteroatoms. The number of aryl methyl sites for hydroxylation is 1. The molecule has 0 saturated heterocycles. The number of para-hydroxylation sites is 1. The van der Waals surface area contributed by atoms with Crippen LogP contribution in [0.4, 0.5) is 13.2 Å². The van der Waals surface area contributed by atoms with Gasteiger partial charge < -0.3 is 19.3 Å². The molecule has 0 saturated carbocycles. The van der Waals surface area contributed by atoms with Crippen molar-refractivity contribution in [3.05, 3.63) is 89.6 Å². The number of rotatable bonds is 6. The van der Waals surface area contributed by atoms with Gasteiger partial charge in [0.15, 0.2) is 0 Å². The molecule has 1 amide bonds. The Hall–Kier alpha value is -3.71. The maximum absolute atomic E-state index is 14.5. The number of carbonyl (C=O) groups excluding carboxylic acids is 1. The minimum absolute atomic E-state index is 0.117. The highest BCUT2D eigenvalue weighted by Gasteiger charge is 2.35. The predicted molar refractivity (Wildman–Crippen MR) is 165 cm³/mol. The molecule has 3 aromatic carbocycles. The molecular weight excluding hydrogens is 607 g/mol. The van der Waals surface area contributed by atoms with Gasteiger partial charge in [0.2, 0.25) is 10.0 Å². The zero-order chi connectivity index (χ0) is 32.7. The molecule has 0 aliphatic carbocycles. The van der Waals surface area contributed by atoms with Gasteiger partial charge in [0.1, 0.15) is 5.69 Å². The largest absolute Gasteiger partial charge is 0.416 e. The van der Waals surface area contributed by atoms with Crippen LogP contribution < -0.4 is 0 Å². The highest BCUT2D eigenvalue weighted by molar-refractivity contribution is 7.89. The van der Waals surface area contributed by atoms with Gasteiger partial charge in [-0.15, -0.1) is 0 Å². The van der Waals surface area contributed by atoms with E-state index in [4.69, 9.17) is 4.74 Å². The summed E-state index contributed by atoms with van der Waals surface area (Å²) in [6.45, 7) is 3.44. The fraction of sp³-hybridized carbons (Fsp3) is 0.364. The van der Waals surface area contributed by atoms with E-state index in [0.717, 1.165) is 56.2 Å². The summed E-state index contributed by atoms with van der Waals surface area (Å²) in [6, 6.07) is 18.1. The Bertz CT molecular complexity index is 1800. The monoisotopic (exact) mass is 643 g/mol. The van der Waals surface area contributed by atoms with Crippen molar-refractivity contribution in [2.75, 3.05) is 26.7 Å². The highest BCUT2D eigenvalue weighted by Crippen LogP contribution is 2.38. The Morgan fingerprint density at radius 1 is 1.04 bits per heavy atom. The number of sulfonamides is 1. The number of hydrogen-bond donors (Lipinski definition) is 1. The minimum Gasteiger partial charge on any atom is -0.394 e. The van der Waals surface area contributed by atoms with Gasteiger partial charge in [-0.1, -0.05) is 49.4 Å². The third-order valence-electron chi connectivity index (χ3n) is 8.55. The zero-order valence-corrected chi connectivity index (χ0v) is 26.3. The van der Waals surface area contributed by atoms with Crippen molar-refractivity contribution in [1.29, 1.82) is 0 Å². The smallest absolute Gasteiger partial charge is 0.394 e. The van der Waals surface area contributed by atoms with Crippen LogP contribution in [0.15, 0.2) is 77.7 Å². The molecule has 45 heavy (non-hydrogen) atoms. The van der Waals surface area contributed by atoms with Crippen molar-refractivity contribution in [1.82, 2.24) is 13.8 Å². The lowest BCUT2D eigenvalue weighted by atomic mass is 9.96. The molecule has 4 aromatic rings. The van der Waals surface area contributed by atoms with E-state index < -0.39 is 39.8 Å². The SMILES string of the molecule is C[C@H](CO)N1C[C@H](C)[C@@H](CN(C)S(=O)(=O)c2ccc(C(F)(F)F)cc2)OCc2ccccc2-c2c(n(C)c3ccccc23)C1=O. The van der Waals surface area contributed by atoms with Crippen LogP contribution in [0.25, 0.3) is 22.0 Å². The number of aliphatic hydroxyl groups is 1. The van der Waals surface area contributed by atoms with Gasteiger partial charge in [-0.25, -0.2) is 8.42 Å². The Morgan fingerprint density at radius 3 is 2.36 bits per heavy atom. The summed E-state index contributed by atoms with van der Waals surface area (Å²) in [5.74, 6) is -0.685. The summed E-state index contributed by atoms with van der Waals surface area (Å²) in [7, 11) is -0.986. The summed E-state index contributed by atoms with van der Waals surface area (Å²) in [6.07, 6.45) is -5.31. The van der Waals surface area contributed by atoms with Crippen molar-refractivity contribution >= 4 is 26.8 Å². The van der Waals surface area contributed by atoms with Gasteiger partial charge in [0.25, 0.3) is 5.91 Å². The van der Waals surface area contributed by atoms with Crippen LogP contribution in [0.5, 0.6) is 0 Å². The Labute approximate surface area is 260 Å². The van der Waals surface area contributed by atoms with Gasteiger partial charge in [-0.2, -0.15) is 17.5 Å². The third-order valence-corrected chi connectivity index (χ3v) is 10.4. The molecule has 0 bridgehead atoms. The van der Waals surface area contributed by atoms with Crippen LogP contribution in [0.1, 0.15) is 35.5 Å². The van der Waals surface area contributed by atoms with Gasteiger partial charge in [-0.3, -0.25) is 4.79 Å². The van der Waals surface area contributed by atoms with Crippen molar-refractivity contribution < 1.29 is 36.2 Å². The van der Waals surface area contributed by atoms with Crippen LogP contribution in [-0.2, 0) is 34.6 Å². The quantitative estimate of drug-likeness (QED) is 0.298. The van der Waals surface area contributed by atoms with Crippen LogP contribution in [0, 0.1) is 5.92 Å². The van der Waals surface area contributed by atoms with E-state index in [9.17, 15) is 31.5 Å². The van der Waals surface area contributed by atoms with E-state index >= 15 is 0 Å². The molecule has 0 radical (unpaired) electrons. The Kier molecular flexibility index (Phi) is 9.14. The molecule has 3 atom stereocenters. The molecule has 1 aliphatic heterocycles. The first-order valence-corrected chi connectivity index (χ1v) is 16.0. The number of benzene rings is 3. The first kappa shape index (κ1) is 32.7. The molecule has 0 unspecified atom stereocenters. The molecule has 2 heterocycles. The number of hydrogen-bond acceptors (Lipinski definition) is 5. The number of aliphatic hydroxyl groups excluding tert-OH is 1. The lowest BCUT2D eigenvalue weighted by Crippen LogP contribution is -2.48. The van der Waals surface area contributed by atoms with Crippen molar-refractivity contribution in [3.63, 3.8) is 0 Å². The van der Waals surface area contributed by atoms with Gasteiger partial charge in [-0.05, 0) is 48.4 Å². The Morgan fingerprint density at radius 2 is 1.69 bits per heavy atom.